The normalized spacial score (nSPS) is 15.7. The highest BCUT2D eigenvalue weighted by Gasteiger charge is 2.31. The highest BCUT2D eigenvalue weighted by molar-refractivity contribution is 7.89. The van der Waals surface area contributed by atoms with Gasteiger partial charge >= 0.3 is 0 Å². The predicted octanol–water partition coefficient (Wildman–Crippen LogP) is 2.52. The second kappa shape index (κ2) is 7.16. The van der Waals surface area contributed by atoms with Gasteiger partial charge in [0.25, 0.3) is 5.69 Å². The Morgan fingerprint density at radius 3 is 2.19 bits per heavy atom. The highest BCUT2D eigenvalue weighted by Crippen LogP contribution is 2.27. The highest BCUT2D eigenvalue weighted by atomic mass is 32.2. The summed E-state index contributed by atoms with van der Waals surface area (Å²) in [5.74, 6) is -2.72. The van der Waals surface area contributed by atoms with Crippen LogP contribution >= 0.6 is 0 Å². The van der Waals surface area contributed by atoms with Crippen molar-refractivity contribution >= 4 is 21.4 Å². The molecule has 0 bridgehead atoms. The van der Waals surface area contributed by atoms with Crippen molar-refractivity contribution in [1.29, 1.82) is 0 Å². The minimum atomic E-state index is -4.24. The first-order valence-electron chi connectivity index (χ1n) is 7.84. The number of non-ortho nitro benzene ring substituents is 1. The Hall–Kier alpha value is -2.66. The molecule has 0 atom stereocenters. The Balaban J connectivity index is 1.77. The zero-order chi connectivity index (χ0) is 19.8. The van der Waals surface area contributed by atoms with E-state index < -0.39 is 37.3 Å². The van der Waals surface area contributed by atoms with Gasteiger partial charge in [-0.1, -0.05) is 0 Å². The Labute approximate surface area is 152 Å². The number of nitrogens with zero attached hydrogens (tertiary/aromatic N) is 3. The summed E-state index contributed by atoms with van der Waals surface area (Å²) in [5.41, 5.74) is -0.284. The van der Waals surface area contributed by atoms with Crippen molar-refractivity contribution in [3.8, 4) is 0 Å². The zero-order valence-corrected chi connectivity index (χ0v) is 14.6. The summed E-state index contributed by atoms with van der Waals surface area (Å²) in [4.78, 5) is 10.7. The molecule has 11 heteroatoms. The van der Waals surface area contributed by atoms with Gasteiger partial charge in [0.2, 0.25) is 10.0 Å². The quantitative estimate of drug-likeness (QED) is 0.581. The number of nitro groups is 1. The lowest BCUT2D eigenvalue weighted by Gasteiger charge is -2.35. The van der Waals surface area contributed by atoms with Crippen LogP contribution in [0.2, 0.25) is 0 Å². The Kier molecular flexibility index (Phi) is 5.07. The van der Waals surface area contributed by atoms with Gasteiger partial charge in [-0.15, -0.1) is 0 Å². The first-order valence-corrected chi connectivity index (χ1v) is 9.28. The molecule has 1 heterocycles. The van der Waals surface area contributed by atoms with E-state index >= 15 is 0 Å². The summed E-state index contributed by atoms with van der Waals surface area (Å²) in [6.07, 6.45) is 0. The summed E-state index contributed by atoms with van der Waals surface area (Å²) in [6, 6.07) is 5.38. The van der Waals surface area contributed by atoms with Crippen LogP contribution in [0, 0.1) is 27.6 Å². The molecule has 0 unspecified atom stereocenters. The lowest BCUT2D eigenvalue weighted by atomic mass is 10.2. The molecule has 1 aliphatic heterocycles. The molecule has 0 radical (unpaired) electrons. The number of halogens is 3. The third-order valence-electron chi connectivity index (χ3n) is 4.23. The van der Waals surface area contributed by atoms with Crippen molar-refractivity contribution < 1.29 is 26.5 Å². The molecule has 0 saturated carbocycles. The lowest BCUT2D eigenvalue weighted by molar-refractivity contribution is -0.385. The van der Waals surface area contributed by atoms with Gasteiger partial charge < -0.3 is 4.90 Å². The Bertz CT molecular complexity index is 992. The van der Waals surface area contributed by atoms with Crippen LogP contribution in [0.25, 0.3) is 0 Å². The molecular weight excluding hydrogens is 387 g/mol. The summed E-state index contributed by atoms with van der Waals surface area (Å²) in [7, 11) is -4.24. The van der Waals surface area contributed by atoms with E-state index in [9.17, 15) is 31.7 Å². The Morgan fingerprint density at radius 2 is 1.59 bits per heavy atom. The molecule has 7 nitrogen and oxygen atoms in total. The van der Waals surface area contributed by atoms with E-state index in [2.05, 4.69) is 0 Å². The molecule has 0 amide bonds. The van der Waals surface area contributed by atoms with Crippen molar-refractivity contribution in [2.75, 3.05) is 31.1 Å². The maximum Gasteiger partial charge on any atom is 0.272 e. The summed E-state index contributed by atoms with van der Waals surface area (Å²) in [6.45, 7) is 0.0270. The van der Waals surface area contributed by atoms with Gasteiger partial charge in [0, 0.05) is 32.2 Å². The number of benzene rings is 2. The van der Waals surface area contributed by atoms with E-state index in [1.807, 2.05) is 0 Å². The third-order valence-corrected chi connectivity index (χ3v) is 6.15. The van der Waals surface area contributed by atoms with Gasteiger partial charge in [0.1, 0.15) is 16.5 Å². The largest absolute Gasteiger partial charge is 0.367 e. The molecule has 2 aromatic carbocycles. The smallest absolute Gasteiger partial charge is 0.272 e. The molecule has 0 aromatic heterocycles. The van der Waals surface area contributed by atoms with Gasteiger partial charge in [-0.05, 0) is 24.3 Å². The van der Waals surface area contributed by atoms with Crippen molar-refractivity contribution in [1.82, 2.24) is 4.31 Å². The molecule has 0 aliphatic carbocycles. The maximum atomic E-state index is 14.1. The molecule has 3 rings (SSSR count). The zero-order valence-electron chi connectivity index (χ0n) is 13.8. The van der Waals surface area contributed by atoms with E-state index in [4.69, 9.17) is 0 Å². The van der Waals surface area contributed by atoms with Crippen LogP contribution in [0.5, 0.6) is 0 Å². The van der Waals surface area contributed by atoms with Crippen molar-refractivity contribution in [2.45, 2.75) is 4.90 Å². The summed E-state index contributed by atoms with van der Waals surface area (Å²) in [5, 5.41) is 10.7. The number of rotatable bonds is 4. The summed E-state index contributed by atoms with van der Waals surface area (Å²) < 4.78 is 67.3. The van der Waals surface area contributed by atoms with Crippen LogP contribution in [-0.4, -0.2) is 43.8 Å². The van der Waals surface area contributed by atoms with Gasteiger partial charge in [-0.25, -0.2) is 21.6 Å². The van der Waals surface area contributed by atoms with Crippen LogP contribution < -0.4 is 4.90 Å². The Morgan fingerprint density at radius 1 is 0.926 bits per heavy atom. The lowest BCUT2D eigenvalue weighted by Crippen LogP contribution is -2.49. The number of hydrogen-bond donors (Lipinski definition) is 0. The fourth-order valence-corrected chi connectivity index (χ4v) is 4.35. The van der Waals surface area contributed by atoms with Gasteiger partial charge in [-0.2, -0.15) is 4.31 Å². The van der Waals surface area contributed by atoms with Crippen LogP contribution in [0.1, 0.15) is 0 Å². The third kappa shape index (κ3) is 3.74. The van der Waals surface area contributed by atoms with E-state index in [0.29, 0.717) is 6.07 Å². The molecule has 27 heavy (non-hydrogen) atoms. The topological polar surface area (TPSA) is 83.8 Å². The minimum Gasteiger partial charge on any atom is -0.367 e. The van der Waals surface area contributed by atoms with E-state index in [-0.39, 0.29) is 37.6 Å². The number of hydrogen-bond acceptors (Lipinski definition) is 5. The van der Waals surface area contributed by atoms with Gasteiger partial charge in [-0.3, -0.25) is 10.1 Å². The van der Waals surface area contributed by atoms with Crippen molar-refractivity contribution in [2.24, 2.45) is 0 Å². The second-order valence-corrected chi connectivity index (χ2v) is 7.77. The van der Waals surface area contributed by atoms with E-state index in [1.54, 1.807) is 0 Å². The fourth-order valence-electron chi connectivity index (χ4n) is 2.85. The second-order valence-electron chi connectivity index (χ2n) is 5.86. The van der Waals surface area contributed by atoms with Crippen LogP contribution in [-0.2, 0) is 10.0 Å². The number of nitro benzene ring substituents is 1. The van der Waals surface area contributed by atoms with E-state index in [0.717, 1.165) is 28.6 Å². The maximum absolute atomic E-state index is 14.1. The van der Waals surface area contributed by atoms with Crippen LogP contribution in [0.4, 0.5) is 24.5 Å². The molecule has 2 aromatic rings. The average Bonchev–Trinajstić information content (AvgIpc) is 2.63. The van der Waals surface area contributed by atoms with Crippen LogP contribution in [0.15, 0.2) is 41.3 Å². The first kappa shape index (κ1) is 19.1. The molecule has 1 saturated heterocycles. The standard InChI is InChI=1S/C16H14F3N3O4S/c17-11-1-3-13(18)16(9-11)27(25,26)21-7-5-20(6-8-21)15-4-2-12(22(23)24)10-14(15)19/h1-4,9-10H,5-8H2. The van der Waals surface area contributed by atoms with Gasteiger partial charge in [0.15, 0.2) is 5.82 Å². The molecular formula is C16H14F3N3O4S. The monoisotopic (exact) mass is 401 g/mol. The SMILES string of the molecule is O=[N+]([O-])c1ccc(N2CCN(S(=O)(=O)c3cc(F)ccc3F)CC2)c(F)c1. The van der Waals surface area contributed by atoms with Gasteiger partial charge in [0.05, 0.1) is 16.7 Å². The minimum absolute atomic E-state index is 0.0747. The van der Waals surface area contributed by atoms with Crippen LogP contribution in [0.3, 0.4) is 0 Å². The number of anilines is 1. The molecule has 1 aliphatic rings. The number of sulfonamides is 1. The van der Waals surface area contributed by atoms with Crippen molar-refractivity contribution in [3.05, 3.63) is 64.0 Å². The molecule has 0 spiro atoms. The van der Waals surface area contributed by atoms with Crippen molar-refractivity contribution in [3.63, 3.8) is 0 Å². The van der Waals surface area contributed by atoms with E-state index in [1.165, 1.54) is 11.0 Å². The molecule has 144 valence electrons. The predicted molar refractivity (Wildman–Crippen MR) is 90.4 cm³/mol. The molecule has 0 N–H and O–H groups in total. The average molecular weight is 401 g/mol. The first-order chi connectivity index (χ1) is 12.7. The summed E-state index contributed by atoms with van der Waals surface area (Å²) >= 11 is 0. The fraction of sp³-hybridized carbons (Fsp3) is 0.250. The number of piperazine rings is 1. The molecule has 1 fully saturated rings.